The predicted molar refractivity (Wildman–Crippen MR) is 69.4 cm³/mol. The third-order valence-corrected chi connectivity index (χ3v) is 5.11. The van der Waals surface area contributed by atoms with E-state index in [0.29, 0.717) is 4.88 Å². The van der Waals surface area contributed by atoms with E-state index < -0.39 is 5.97 Å². The van der Waals surface area contributed by atoms with Gasteiger partial charge < -0.3 is 10.0 Å². The lowest BCUT2D eigenvalue weighted by Gasteiger charge is -2.28. The van der Waals surface area contributed by atoms with Gasteiger partial charge in [0.05, 0.1) is 5.00 Å². The molecule has 0 unspecified atom stereocenters. The van der Waals surface area contributed by atoms with Crippen LogP contribution in [-0.4, -0.2) is 24.2 Å². The molecule has 0 radical (unpaired) electrons. The molecule has 1 aliphatic carbocycles. The lowest BCUT2D eigenvalue weighted by Crippen LogP contribution is -2.29. The molecule has 2 aliphatic rings. The summed E-state index contributed by atoms with van der Waals surface area (Å²) in [5, 5.41) is 10.5. The quantitative estimate of drug-likeness (QED) is 0.878. The fourth-order valence-corrected chi connectivity index (χ4v) is 4.26. The molecule has 1 N–H and O–H groups in total. The maximum atomic E-state index is 11.2. The van der Waals surface area contributed by atoms with Crippen molar-refractivity contribution in [2.75, 3.05) is 18.0 Å². The fraction of sp³-hybridized carbons (Fsp3) is 0.615. The second-order valence-electron chi connectivity index (χ2n) is 4.90. The molecule has 0 bridgehead atoms. The zero-order valence-electron chi connectivity index (χ0n) is 9.87. The molecule has 0 aromatic carbocycles. The zero-order valence-corrected chi connectivity index (χ0v) is 10.7. The summed E-state index contributed by atoms with van der Waals surface area (Å²) in [7, 11) is 0. The third-order valence-electron chi connectivity index (χ3n) is 3.79. The first-order chi connectivity index (χ1) is 8.27. The van der Waals surface area contributed by atoms with E-state index in [9.17, 15) is 9.90 Å². The summed E-state index contributed by atoms with van der Waals surface area (Å²) < 4.78 is 0. The van der Waals surface area contributed by atoms with Gasteiger partial charge in [0.15, 0.2) is 0 Å². The van der Waals surface area contributed by atoms with E-state index >= 15 is 0 Å². The van der Waals surface area contributed by atoms with Crippen LogP contribution in [0.4, 0.5) is 5.00 Å². The van der Waals surface area contributed by atoms with Crippen molar-refractivity contribution in [1.82, 2.24) is 0 Å². The van der Waals surface area contributed by atoms with Crippen molar-refractivity contribution in [3.05, 3.63) is 16.0 Å². The van der Waals surface area contributed by atoms with Gasteiger partial charge >= 0.3 is 5.97 Å². The van der Waals surface area contributed by atoms with E-state index in [-0.39, 0.29) is 0 Å². The maximum absolute atomic E-state index is 11.2. The monoisotopic (exact) mass is 251 g/mol. The van der Waals surface area contributed by atoms with Gasteiger partial charge in [0, 0.05) is 13.1 Å². The Kier molecular flexibility index (Phi) is 2.82. The first-order valence-electron chi connectivity index (χ1n) is 6.40. The van der Waals surface area contributed by atoms with Crippen molar-refractivity contribution < 1.29 is 9.90 Å². The van der Waals surface area contributed by atoms with Gasteiger partial charge in [0.25, 0.3) is 0 Å². The minimum absolute atomic E-state index is 0.595. The molecule has 3 rings (SSSR count). The van der Waals surface area contributed by atoms with Crippen molar-refractivity contribution in [2.45, 2.75) is 38.5 Å². The Bertz CT molecular complexity index is 447. The molecule has 2 heterocycles. The number of fused-ring (bicyclic) bond motifs is 1. The number of thiophene rings is 1. The molecule has 1 saturated heterocycles. The highest BCUT2D eigenvalue weighted by molar-refractivity contribution is 7.18. The lowest BCUT2D eigenvalue weighted by atomic mass is 10.1. The van der Waals surface area contributed by atoms with Crippen molar-refractivity contribution in [3.8, 4) is 0 Å². The number of nitrogens with zero attached hydrogens (tertiary/aromatic N) is 1. The smallest absolute Gasteiger partial charge is 0.346 e. The summed E-state index contributed by atoms with van der Waals surface area (Å²) >= 11 is 1.50. The maximum Gasteiger partial charge on any atom is 0.346 e. The Hall–Kier alpha value is -1.03. The number of anilines is 1. The highest BCUT2D eigenvalue weighted by Gasteiger charge is 2.28. The second kappa shape index (κ2) is 4.33. The third kappa shape index (κ3) is 1.84. The molecular weight excluding hydrogens is 234 g/mol. The summed E-state index contributed by atoms with van der Waals surface area (Å²) in [5.74, 6) is -0.739. The number of piperidine rings is 1. The lowest BCUT2D eigenvalue weighted by molar-refractivity contribution is 0.0701. The largest absolute Gasteiger partial charge is 0.477 e. The predicted octanol–water partition coefficient (Wildman–Crippen LogP) is 2.93. The number of carboxylic acids is 1. The van der Waals surface area contributed by atoms with E-state index in [1.165, 1.54) is 41.2 Å². The van der Waals surface area contributed by atoms with Crippen molar-refractivity contribution in [2.24, 2.45) is 0 Å². The van der Waals surface area contributed by atoms with Crippen LogP contribution in [0.5, 0.6) is 0 Å². The first-order valence-corrected chi connectivity index (χ1v) is 7.22. The van der Waals surface area contributed by atoms with Gasteiger partial charge in [-0.2, -0.15) is 0 Å². The number of hydrogen-bond acceptors (Lipinski definition) is 3. The number of rotatable bonds is 2. The molecule has 1 aromatic rings. The Morgan fingerprint density at radius 2 is 1.76 bits per heavy atom. The number of carbonyl (C=O) groups is 1. The van der Waals surface area contributed by atoms with Gasteiger partial charge in [-0.3, -0.25) is 0 Å². The normalized spacial score (nSPS) is 19.4. The van der Waals surface area contributed by atoms with Crippen LogP contribution in [0.2, 0.25) is 0 Å². The highest BCUT2D eigenvalue weighted by Crippen LogP contribution is 2.42. The van der Waals surface area contributed by atoms with Gasteiger partial charge in [-0.25, -0.2) is 4.79 Å². The standard InChI is InChI=1S/C13H17NO2S/c15-13(16)11-9-5-4-6-10(9)12(17-11)14-7-2-1-3-8-14/h1-8H2,(H,15,16). The number of hydrogen-bond donors (Lipinski definition) is 1. The summed E-state index contributed by atoms with van der Waals surface area (Å²) in [4.78, 5) is 14.3. The van der Waals surface area contributed by atoms with Crippen LogP contribution in [-0.2, 0) is 12.8 Å². The van der Waals surface area contributed by atoms with Gasteiger partial charge in [0.2, 0.25) is 0 Å². The Labute approximate surface area is 105 Å². The van der Waals surface area contributed by atoms with Gasteiger partial charge in [0.1, 0.15) is 4.88 Å². The SMILES string of the molecule is O=C(O)c1sc(N2CCCCC2)c2c1CCC2. The highest BCUT2D eigenvalue weighted by atomic mass is 32.1. The van der Waals surface area contributed by atoms with Crippen LogP contribution in [0.3, 0.4) is 0 Å². The molecular formula is C13H17NO2S. The minimum atomic E-state index is -0.739. The van der Waals surface area contributed by atoms with Crippen LogP contribution >= 0.6 is 11.3 Å². The average Bonchev–Trinajstić information content (AvgIpc) is 2.90. The van der Waals surface area contributed by atoms with E-state index in [4.69, 9.17) is 0 Å². The first kappa shape index (κ1) is 11.1. The molecule has 17 heavy (non-hydrogen) atoms. The van der Waals surface area contributed by atoms with Gasteiger partial charge in [-0.1, -0.05) is 0 Å². The molecule has 3 nitrogen and oxygen atoms in total. The Morgan fingerprint density at radius 1 is 1.06 bits per heavy atom. The average molecular weight is 251 g/mol. The van der Waals surface area contributed by atoms with Crippen LogP contribution in [0.15, 0.2) is 0 Å². The van der Waals surface area contributed by atoms with Crippen LogP contribution in [0, 0.1) is 0 Å². The van der Waals surface area contributed by atoms with E-state index in [1.54, 1.807) is 0 Å². The molecule has 4 heteroatoms. The fourth-order valence-electron chi connectivity index (χ4n) is 2.98. The van der Waals surface area contributed by atoms with Crippen molar-refractivity contribution in [3.63, 3.8) is 0 Å². The van der Waals surface area contributed by atoms with Crippen molar-refractivity contribution >= 4 is 22.3 Å². The number of carboxylic acid groups (broad SMARTS) is 1. The Balaban J connectivity index is 1.99. The molecule has 0 atom stereocenters. The molecule has 0 amide bonds. The molecule has 0 spiro atoms. The molecule has 1 aliphatic heterocycles. The van der Waals surface area contributed by atoms with Crippen molar-refractivity contribution in [1.29, 1.82) is 0 Å². The van der Waals surface area contributed by atoms with E-state index in [2.05, 4.69) is 4.90 Å². The summed E-state index contributed by atoms with van der Waals surface area (Å²) in [6, 6.07) is 0. The summed E-state index contributed by atoms with van der Waals surface area (Å²) in [5.41, 5.74) is 2.47. The topological polar surface area (TPSA) is 40.5 Å². The van der Waals surface area contributed by atoms with Crippen LogP contribution in [0.1, 0.15) is 46.5 Å². The molecule has 0 saturated carbocycles. The molecule has 92 valence electrons. The van der Waals surface area contributed by atoms with E-state index in [0.717, 1.165) is 37.9 Å². The molecule has 1 fully saturated rings. The van der Waals surface area contributed by atoms with Gasteiger partial charge in [-0.15, -0.1) is 11.3 Å². The minimum Gasteiger partial charge on any atom is -0.477 e. The van der Waals surface area contributed by atoms with Crippen LogP contribution < -0.4 is 4.90 Å². The summed E-state index contributed by atoms with van der Waals surface area (Å²) in [6.45, 7) is 2.21. The number of aromatic carboxylic acids is 1. The molecule has 1 aromatic heterocycles. The van der Waals surface area contributed by atoms with E-state index in [1.807, 2.05) is 0 Å². The summed E-state index contributed by atoms with van der Waals surface area (Å²) in [6.07, 6.45) is 6.96. The Morgan fingerprint density at radius 3 is 2.47 bits per heavy atom. The zero-order chi connectivity index (χ0) is 11.8. The van der Waals surface area contributed by atoms with Gasteiger partial charge in [-0.05, 0) is 49.7 Å². The second-order valence-corrected chi connectivity index (χ2v) is 5.90. The van der Waals surface area contributed by atoms with Crippen LogP contribution in [0.25, 0.3) is 0 Å².